The summed E-state index contributed by atoms with van der Waals surface area (Å²) >= 11 is 0. The van der Waals surface area contributed by atoms with Crippen LogP contribution in [0.1, 0.15) is 0 Å². The standard InChI is InChI=1S/C10H10F2N4/c1-15-8-7(3-2-4-13-8)14-9(15)16-5-10(11,12)6-16/h2-4H,5-6H2,1H3. The second-order valence-electron chi connectivity index (χ2n) is 4.03. The Balaban J connectivity index is 2.02. The summed E-state index contributed by atoms with van der Waals surface area (Å²) in [4.78, 5) is 10.0. The summed E-state index contributed by atoms with van der Waals surface area (Å²) in [7, 11) is 1.79. The predicted octanol–water partition coefficient (Wildman–Crippen LogP) is 1.42. The van der Waals surface area contributed by atoms with E-state index in [2.05, 4.69) is 9.97 Å². The van der Waals surface area contributed by atoms with Crippen LogP contribution in [-0.2, 0) is 7.05 Å². The van der Waals surface area contributed by atoms with E-state index in [1.165, 1.54) is 0 Å². The van der Waals surface area contributed by atoms with Crippen LogP contribution in [-0.4, -0.2) is 33.5 Å². The summed E-state index contributed by atoms with van der Waals surface area (Å²) in [6.07, 6.45) is 1.67. The molecule has 2 aromatic rings. The Kier molecular flexibility index (Phi) is 1.72. The summed E-state index contributed by atoms with van der Waals surface area (Å²) in [5, 5.41) is 0. The van der Waals surface area contributed by atoms with Gasteiger partial charge in [0, 0.05) is 13.2 Å². The van der Waals surface area contributed by atoms with Crippen molar-refractivity contribution in [1.82, 2.24) is 14.5 Å². The smallest absolute Gasteiger partial charge is 0.282 e. The zero-order valence-electron chi connectivity index (χ0n) is 8.69. The minimum atomic E-state index is -2.58. The molecule has 6 heteroatoms. The third-order valence-corrected chi connectivity index (χ3v) is 2.73. The lowest BCUT2D eigenvalue weighted by molar-refractivity contribution is -0.0273. The van der Waals surface area contributed by atoms with Crippen molar-refractivity contribution in [2.45, 2.75) is 5.92 Å². The lowest BCUT2D eigenvalue weighted by atomic mass is 10.2. The number of rotatable bonds is 1. The number of fused-ring (bicyclic) bond motifs is 1. The highest BCUT2D eigenvalue weighted by atomic mass is 19.3. The number of aryl methyl sites for hydroxylation is 1. The highest BCUT2D eigenvalue weighted by Gasteiger charge is 2.45. The monoisotopic (exact) mass is 224 g/mol. The fourth-order valence-electron chi connectivity index (χ4n) is 1.95. The van der Waals surface area contributed by atoms with E-state index in [9.17, 15) is 8.78 Å². The first-order valence-corrected chi connectivity index (χ1v) is 4.97. The van der Waals surface area contributed by atoms with Gasteiger partial charge in [0.05, 0.1) is 13.1 Å². The van der Waals surface area contributed by atoms with Crippen molar-refractivity contribution < 1.29 is 8.78 Å². The van der Waals surface area contributed by atoms with Gasteiger partial charge in [-0.2, -0.15) is 0 Å². The lowest BCUT2D eigenvalue weighted by Crippen LogP contribution is -2.57. The number of hydrogen-bond donors (Lipinski definition) is 0. The number of anilines is 1. The number of pyridine rings is 1. The number of imidazole rings is 1. The number of aromatic nitrogens is 3. The highest BCUT2D eigenvalue weighted by molar-refractivity contribution is 5.74. The molecule has 3 heterocycles. The minimum absolute atomic E-state index is 0.260. The van der Waals surface area contributed by atoms with Gasteiger partial charge in [-0.25, -0.2) is 18.7 Å². The summed E-state index contributed by atoms with van der Waals surface area (Å²) in [6.45, 7) is -0.520. The minimum Gasteiger partial charge on any atom is -0.330 e. The molecule has 0 N–H and O–H groups in total. The molecule has 1 fully saturated rings. The number of nitrogens with zero attached hydrogens (tertiary/aromatic N) is 4. The molecule has 0 aliphatic carbocycles. The van der Waals surface area contributed by atoms with Gasteiger partial charge >= 0.3 is 0 Å². The van der Waals surface area contributed by atoms with E-state index in [-0.39, 0.29) is 13.1 Å². The molecule has 1 aliphatic rings. The molecule has 1 saturated heterocycles. The maximum atomic E-state index is 12.8. The largest absolute Gasteiger partial charge is 0.330 e. The second-order valence-corrected chi connectivity index (χ2v) is 4.03. The molecule has 16 heavy (non-hydrogen) atoms. The van der Waals surface area contributed by atoms with E-state index in [1.807, 2.05) is 6.07 Å². The number of halogens is 2. The van der Waals surface area contributed by atoms with E-state index < -0.39 is 5.92 Å². The maximum absolute atomic E-state index is 12.8. The van der Waals surface area contributed by atoms with Crippen LogP contribution < -0.4 is 4.90 Å². The zero-order valence-corrected chi connectivity index (χ0v) is 8.69. The van der Waals surface area contributed by atoms with Crippen LogP contribution in [0.15, 0.2) is 18.3 Å². The first-order valence-electron chi connectivity index (χ1n) is 4.97. The fraction of sp³-hybridized carbons (Fsp3) is 0.400. The Labute approximate surface area is 90.5 Å². The molecule has 0 bridgehead atoms. The first kappa shape index (κ1) is 9.50. The van der Waals surface area contributed by atoms with Gasteiger partial charge in [0.15, 0.2) is 5.65 Å². The molecule has 0 spiro atoms. The highest BCUT2D eigenvalue weighted by Crippen LogP contribution is 2.31. The van der Waals surface area contributed by atoms with Crippen molar-refractivity contribution in [3.8, 4) is 0 Å². The van der Waals surface area contributed by atoms with Gasteiger partial charge in [-0.1, -0.05) is 0 Å². The van der Waals surface area contributed by atoms with Crippen molar-refractivity contribution in [3.63, 3.8) is 0 Å². The van der Waals surface area contributed by atoms with Gasteiger partial charge < -0.3 is 4.90 Å². The molecule has 3 rings (SSSR count). The Morgan fingerprint density at radius 1 is 1.38 bits per heavy atom. The molecular weight excluding hydrogens is 214 g/mol. The fourth-order valence-corrected chi connectivity index (χ4v) is 1.95. The van der Waals surface area contributed by atoms with Gasteiger partial charge in [-0.15, -0.1) is 0 Å². The number of alkyl halides is 2. The summed E-state index contributed by atoms with van der Waals surface area (Å²) in [5.41, 5.74) is 1.45. The van der Waals surface area contributed by atoms with Gasteiger partial charge in [-0.3, -0.25) is 4.57 Å². The van der Waals surface area contributed by atoms with Gasteiger partial charge in [0.25, 0.3) is 5.92 Å². The Morgan fingerprint density at radius 3 is 2.75 bits per heavy atom. The third kappa shape index (κ3) is 1.26. The Hall–Kier alpha value is -1.72. The summed E-state index contributed by atoms with van der Waals surface area (Å²) < 4.78 is 27.3. The van der Waals surface area contributed by atoms with E-state index >= 15 is 0 Å². The summed E-state index contributed by atoms with van der Waals surface area (Å²) in [5.74, 6) is -2.02. The van der Waals surface area contributed by atoms with Crippen LogP contribution in [0.5, 0.6) is 0 Å². The first-order chi connectivity index (χ1) is 7.57. The van der Waals surface area contributed by atoms with Crippen LogP contribution in [0.25, 0.3) is 11.2 Å². The van der Waals surface area contributed by atoms with Crippen molar-refractivity contribution >= 4 is 17.1 Å². The Morgan fingerprint density at radius 2 is 2.12 bits per heavy atom. The maximum Gasteiger partial charge on any atom is 0.282 e. The molecule has 0 aromatic carbocycles. The average Bonchev–Trinajstić information content (AvgIpc) is 2.53. The molecule has 2 aromatic heterocycles. The molecule has 1 aliphatic heterocycles. The van der Waals surface area contributed by atoms with Crippen molar-refractivity contribution in [2.75, 3.05) is 18.0 Å². The molecular formula is C10H10F2N4. The third-order valence-electron chi connectivity index (χ3n) is 2.73. The molecule has 0 radical (unpaired) electrons. The van der Waals surface area contributed by atoms with Crippen LogP contribution in [0.3, 0.4) is 0 Å². The quantitative estimate of drug-likeness (QED) is 0.734. The molecule has 0 atom stereocenters. The molecule has 84 valence electrons. The SMILES string of the molecule is Cn1c(N2CC(F)(F)C2)nc2cccnc21. The van der Waals surface area contributed by atoms with Gasteiger partial charge in [0.1, 0.15) is 5.52 Å². The van der Waals surface area contributed by atoms with Crippen LogP contribution >= 0.6 is 0 Å². The van der Waals surface area contributed by atoms with E-state index in [4.69, 9.17) is 0 Å². The lowest BCUT2D eigenvalue weighted by Gasteiger charge is -2.39. The van der Waals surface area contributed by atoms with Crippen molar-refractivity contribution in [2.24, 2.45) is 7.05 Å². The molecule has 0 saturated carbocycles. The van der Waals surface area contributed by atoms with E-state index in [1.54, 1.807) is 28.8 Å². The van der Waals surface area contributed by atoms with E-state index in [0.717, 1.165) is 5.52 Å². The predicted molar refractivity (Wildman–Crippen MR) is 55.7 cm³/mol. The second kappa shape index (κ2) is 2.90. The van der Waals surface area contributed by atoms with Crippen LogP contribution in [0, 0.1) is 0 Å². The summed E-state index contributed by atoms with van der Waals surface area (Å²) in [6, 6.07) is 3.60. The van der Waals surface area contributed by atoms with Crippen molar-refractivity contribution in [1.29, 1.82) is 0 Å². The van der Waals surface area contributed by atoms with Crippen molar-refractivity contribution in [3.05, 3.63) is 18.3 Å². The zero-order chi connectivity index (χ0) is 11.3. The Bertz CT molecular complexity index is 541. The van der Waals surface area contributed by atoms with Gasteiger partial charge in [0.2, 0.25) is 5.95 Å². The van der Waals surface area contributed by atoms with E-state index in [0.29, 0.717) is 11.6 Å². The topological polar surface area (TPSA) is 34.0 Å². The normalized spacial score (nSPS) is 18.8. The molecule has 4 nitrogen and oxygen atoms in total. The van der Waals surface area contributed by atoms with Crippen LogP contribution in [0.2, 0.25) is 0 Å². The van der Waals surface area contributed by atoms with Gasteiger partial charge in [-0.05, 0) is 12.1 Å². The molecule has 0 amide bonds. The van der Waals surface area contributed by atoms with Crippen LogP contribution in [0.4, 0.5) is 14.7 Å². The number of hydrogen-bond acceptors (Lipinski definition) is 3. The average molecular weight is 224 g/mol. The molecule has 0 unspecified atom stereocenters.